The molecule has 0 fully saturated rings. The molecule has 120 valence electrons. The number of carbonyl (C=O) groups excluding carboxylic acids is 1. The zero-order chi connectivity index (χ0) is 16.3. The molecule has 0 bridgehead atoms. The van der Waals surface area contributed by atoms with Crippen LogP contribution >= 0.6 is 45.9 Å². The Hall–Kier alpha value is -0.640. The molecule has 0 saturated carbocycles. The second-order valence-electron chi connectivity index (χ2n) is 4.16. The van der Waals surface area contributed by atoms with Crippen LogP contribution in [0.15, 0.2) is 28.5 Å². The Morgan fingerprint density at radius 1 is 1.45 bits per heavy atom. The molecule has 0 amide bonds. The normalized spacial score (nSPS) is 13.0. The Morgan fingerprint density at radius 2 is 2.18 bits per heavy atom. The summed E-state index contributed by atoms with van der Waals surface area (Å²) in [5, 5.41) is 1.79. The predicted octanol–water partition coefficient (Wildman–Crippen LogP) is 3.70. The van der Waals surface area contributed by atoms with E-state index in [0.717, 1.165) is 11.3 Å². The first kappa shape index (κ1) is 17.7. The quantitative estimate of drug-likeness (QED) is 0.751. The van der Waals surface area contributed by atoms with Crippen molar-refractivity contribution in [2.24, 2.45) is 0 Å². The summed E-state index contributed by atoms with van der Waals surface area (Å²) in [5.74, 6) is -0.518. The van der Waals surface area contributed by atoms with Crippen LogP contribution in [-0.4, -0.2) is 21.5 Å². The first-order chi connectivity index (χ1) is 10.3. The highest BCUT2D eigenvalue weighted by atomic mass is 35.5. The summed E-state index contributed by atoms with van der Waals surface area (Å²) in [7, 11) is -2.66. The van der Waals surface area contributed by atoms with E-state index in [1.54, 1.807) is 17.5 Å². The number of carbonyl (C=O) groups is 1. The lowest BCUT2D eigenvalue weighted by molar-refractivity contribution is -0.141. The Labute approximate surface area is 145 Å². The molecule has 2 aromatic rings. The van der Waals surface area contributed by atoms with Crippen molar-refractivity contribution >= 4 is 61.9 Å². The lowest BCUT2D eigenvalue weighted by atomic mass is 10.2. The van der Waals surface area contributed by atoms with Crippen LogP contribution in [0.3, 0.4) is 0 Å². The second-order valence-corrected chi connectivity index (χ2v) is 9.11. The SMILES string of the molecule is COC(=O)CC(NS(=O)(=O)c1cc(Cl)sc1Cl)c1cccs1. The molecule has 0 aliphatic carbocycles. The van der Waals surface area contributed by atoms with Gasteiger partial charge in [0, 0.05) is 4.88 Å². The topological polar surface area (TPSA) is 72.5 Å². The Bertz CT molecular complexity index is 755. The van der Waals surface area contributed by atoms with E-state index < -0.39 is 22.0 Å². The van der Waals surface area contributed by atoms with E-state index in [1.165, 1.54) is 24.5 Å². The van der Waals surface area contributed by atoms with E-state index in [2.05, 4.69) is 9.46 Å². The maximum absolute atomic E-state index is 12.4. The number of methoxy groups -OCH3 is 1. The van der Waals surface area contributed by atoms with Crippen molar-refractivity contribution in [3.8, 4) is 0 Å². The number of ether oxygens (including phenoxy) is 1. The van der Waals surface area contributed by atoms with Gasteiger partial charge >= 0.3 is 5.97 Å². The lowest BCUT2D eigenvalue weighted by Crippen LogP contribution is -2.30. The highest BCUT2D eigenvalue weighted by Gasteiger charge is 2.27. The van der Waals surface area contributed by atoms with Gasteiger partial charge in [-0.25, -0.2) is 13.1 Å². The van der Waals surface area contributed by atoms with E-state index in [9.17, 15) is 13.2 Å². The van der Waals surface area contributed by atoms with Gasteiger partial charge in [0.05, 0.1) is 23.9 Å². The van der Waals surface area contributed by atoms with Gasteiger partial charge in [0.25, 0.3) is 0 Å². The molecule has 10 heteroatoms. The molecule has 1 atom stereocenters. The summed E-state index contributed by atoms with van der Waals surface area (Å²) < 4.78 is 32.3. The molecule has 0 radical (unpaired) electrons. The van der Waals surface area contributed by atoms with E-state index in [0.29, 0.717) is 4.88 Å². The minimum atomic E-state index is -3.91. The van der Waals surface area contributed by atoms with Crippen molar-refractivity contribution < 1.29 is 17.9 Å². The molecule has 1 unspecified atom stereocenters. The van der Waals surface area contributed by atoms with Gasteiger partial charge in [-0.05, 0) is 17.5 Å². The van der Waals surface area contributed by atoms with Crippen LogP contribution in [0.1, 0.15) is 17.3 Å². The smallest absolute Gasteiger partial charge is 0.307 e. The van der Waals surface area contributed by atoms with E-state index >= 15 is 0 Å². The van der Waals surface area contributed by atoms with Crippen LogP contribution in [0.25, 0.3) is 0 Å². The summed E-state index contributed by atoms with van der Waals surface area (Å²) in [6.07, 6.45) is -0.119. The van der Waals surface area contributed by atoms with Crippen LogP contribution < -0.4 is 4.72 Å². The molecule has 1 N–H and O–H groups in total. The molecule has 2 aromatic heterocycles. The van der Waals surface area contributed by atoms with Crippen LogP contribution in [0.4, 0.5) is 0 Å². The van der Waals surface area contributed by atoms with Crippen LogP contribution in [0, 0.1) is 0 Å². The Morgan fingerprint density at radius 3 is 2.68 bits per heavy atom. The minimum Gasteiger partial charge on any atom is -0.469 e. The van der Waals surface area contributed by atoms with Gasteiger partial charge in [-0.2, -0.15) is 0 Å². The molecule has 2 rings (SSSR count). The van der Waals surface area contributed by atoms with Crippen LogP contribution in [-0.2, 0) is 19.6 Å². The average Bonchev–Trinajstić information content (AvgIpc) is 3.07. The number of halogens is 2. The zero-order valence-corrected chi connectivity index (χ0v) is 15.2. The number of hydrogen-bond acceptors (Lipinski definition) is 6. The molecule has 2 heterocycles. The fourth-order valence-electron chi connectivity index (χ4n) is 1.70. The lowest BCUT2D eigenvalue weighted by Gasteiger charge is -2.16. The fraction of sp³-hybridized carbons (Fsp3) is 0.250. The second kappa shape index (κ2) is 7.29. The van der Waals surface area contributed by atoms with Crippen molar-refractivity contribution in [2.75, 3.05) is 7.11 Å². The number of nitrogens with one attached hydrogen (secondary N) is 1. The first-order valence-electron chi connectivity index (χ1n) is 5.91. The first-order valence-corrected chi connectivity index (χ1v) is 9.84. The van der Waals surface area contributed by atoms with Gasteiger partial charge in [-0.15, -0.1) is 22.7 Å². The third-order valence-corrected chi connectivity index (χ3v) is 6.91. The van der Waals surface area contributed by atoms with E-state index in [-0.39, 0.29) is 20.0 Å². The highest BCUT2D eigenvalue weighted by molar-refractivity contribution is 7.89. The van der Waals surface area contributed by atoms with Crippen molar-refractivity contribution in [2.45, 2.75) is 17.4 Å². The van der Waals surface area contributed by atoms with Crippen LogP contribution in [0.5, 0.6) is 0 Å². The zero-order valence-electron chi connectivity index (χ0n) is 11.2. The number of rotatable bonds is 6. The Balaban J connectivity index is 2.30. The maximum Gasteiger partial charge on any atom is 0.307 e. The number of sulfonamides is 1. The number of esters is 1. The molecule has 0 spiro atoms. The van der Waals surface area contributed by atoms with Gasteiger partial charge < -0.3 is 4.74 Å². The van der Waals surface area contributed by atoms with E-state index in [4.69, 9.17) is 23.2 Å². The monoisotopic (exact) mass is 399 g/mol. The molecule has 22 heavy (non-hydrogen) atoms. The number of hydrogen-bond donors (Lipinski definition) is 1. The standard InChI is InChI=1S/C12H11Cl2NO4S3/c1-19-11(16)5-7(8-3-2-4-20-8)15-22(17,18)9-6-10(13)21-12(9)14/h2-4,6-7,15H,5H2,1H3. The van der Waals surface area contributed by atoms with Crippen LogP contribution in [0.2, 0.25) is 8.67 Å². The van der Waals surface area contributed by atoms with Gasteiger partial charge in [0.1, 0.15) is 9.23 Å². The van der Waals surface area contributed by atoms with Gasteiger partial charge in [0.2, 0.25) is 10.0 Å². The van der Waals surface area contributed by atoms with Crippen molar-refractivity contribution in [3.63, 3.8) is 0 Å². The minimum absolute atomic E-state index is 0.0699. The predicted molar refractivity (Wildman–Crippen MR) is 88.4 cm³/mol. The molecule has 5 nitrogen and oxygen atoms in total. The van der Waals surface area contributed by atoms with Crippen molar-refractivity contribution in [1.29, 1.82) is 0 Å². The molecule has 0 aliphatic heterocycles. The highest BCUT2D eigenvalue weighted by Crippen LogP contribution is 2.35. The van der Waals surface area contributed by atoms with Crippen molar-refractivity contribution in [1.82, 2.24) is 4.72 Å². The van der Waals surface area contributed by atoms with Gasteiger partial charge in [0.15, 0.2) is 0 Å². The third kappa shape index (κ3) is 4.21. The molecule has 0 aliphatic rings. The summed E-state index contributed by atoms with van der Waals surface area (Å²) in [5.41, 5.74) is 0. The summed E-state index contributed by atoms with van der Waals surface area (Å²) in [6.45, 7) is 0. The van der Waals surface area contributed by atoms with Gasteiger partial charge in [-0.3, -0.25) is 4.79 Å². The Kier molecular flexibility index (Phi) is 5.87. The molecular formula is C12H11Cl2NO4S3. The number of thiophene rings is 2. The summed E-state index contributed by atoms with van der Waals surface area (Å²) >= 11 is 14.0. The maximum atomic E-state index is 12.4. The fourth-order valence-corrected chi connectivity index (χ4v) is 5.92. The largest absolute Gasteiger partial charge is 0.469 e. The van der Waals surface area contributed by atoms with Gasteiger partial charge in [-0.1, -0.05) is 29.3 Å². The van der Waals surface area contributed by atoms with E-state index in [1.807, 2.05) is 0 Å². The third-order valence-electron chi connectivity index (χ3n) is 2.70. The molecule has 0 aromatic carbocycles. The van der Waals surface area contributed by atoms with Crippen molar-refractivity contribution in [3.05, 3.63) is 37.1 Å². The molecule has 0 saturated heterocycles. The summed E-state index contributed by atoms with van der Waals surface area (Å²) in [4.78, 5) is 12.1. The average molecular weight is 400 g/mol. The molecular weight excluding hydrogens is 389 g/mol. The summed E-state index contributed by atoms with van der Waals surface area (Å²) in [6, 6.07) is 4.06.